The van der Waals surface area contributed by atoms with Crippen molar-refractivity contribution in [1.29, 1.82) is 0 Å². The third-order valence-corrected chi connectivity index (χ3v) is 14.7. The zero-order valence-electron chi connectivity index (χ0n) is 28.7. The molecule has 1 aliphatic carbocycles. The van der Waals surface area contributed by atoms with Crippen LogP contribution in [0, 0.1) is 27.7 Å². The monoisotopic (exact) mass is 700 g/mol. The molecule has 0 radical (unpaired) electrons. The average molecular weight is 702 g/mol. The second kappa shape index (κ2) is 15.7. The smallest absolute Gasteiger partial charge is 1.00 e. The summed E-state index contributed by atoms with van der Waals surface area (Å²) in [4.78, 5) is 0. The van der Waals surface area contributed by atoms with Crippen LogP contribution in [0.4, 0.5) is 0 Å². The molecule has 44 heavy (non-hydrogen) atoms. The molecule has 0 aromatic heterocycles. The maximum atomic E-state index is 2.62. The molecule has 0 aliphatic heterocycles. The largest absolute Gasteiger partial charge is 1.00 e. The fraction of sp³-hybridized carbons (Fsp3) is 0.436. The zero-order chi connectivity index (χ0) is 30.3. The first-order valence-electron chi connectivity index (χ1n) is 15.6. The summed E-state index contributed by atoms with van der Waals surface area (Å²) in [5, 5.41) is 6.28. The minimum atomic E-state index is -2.70. The third kappa shape index (κ3) is 8.45. The molecule has 0 bridgehead atoms. The van der Waals surface area contributed by atoms with Crippen molar-refractivity contribution in [2.24, 2.45) is 0 Å². The van der Waals surface area contributed by atoms with Gasteiger partial charge < -0.3 is 37.2 Å². The molecule has 0 nitrogen and oxygen atoms in total. The van der Waals surface area contributed by atoms with Crippen molar-refractivity contribution < 1.29 is 57.7 Å². The molecule has 0 N–H and O–H groups in total. The van der Waals surface area contributed by atoms with Crippen LogP contribution in [0.25, 0.3) is 0 Å². The van der Waals surface area contributed by atoms with E-state index in [9.17, 15) is 0 Å². The Labute approximate surface area is 300 Å². The molecule has 5 heteroatoms. The van der Waals surface area contributed by atoms with Gasteiger partial charge in [0.1, 0.15) is 0 Å². The van der Waals surface area contributed by atoms with Gasteiger partial charge in [-0.15, -0.1) is 0 Å². The summed E-state index contributed by atoms with van der Waals surface area (Å²) in [6, 6.07) is 22.6. The van der Waals surface area contributed by atoms with Crippen molar-refractivity contribution >= 4 is 23.6 Å². The molecule has 0 atom stereocenters. The maximum absolute atomic E-state index is 2.70. The molecule has 0 heterocycles. The summed E-state index contributed by atoms with van der Waals surface area (Å²) in [5.74, 6) is 0. The number of rotatable bonds is 7. The molecule has 1 aliphatic rings. The van der Waals surface area contributed by atoms with Crippen molar-refractivity contribution in [3.63, 3.8) is 0 Å². The summed E-state index contributed by atoms with van der Waals surface area (Å²) in [6.45, 7) is 25.7. The van der Waals surface area contributed by atoms with E-state index < -0.39 is 8.07 Å². The van der Waals surface area contributed by atoms with Crippen LogP contribution in [0.3, 0.4) is 0 Å². The van der Waals surface area contributed by atoms with Gasteiger partial charge in [0.2, 0.25) is 0 Å². The Bertz CT molecular complexity index is 1400. The van der Waals surface area contributed by atoms with Gasteiger partial charge in [-0.3, -0.25) is 0 Å². The van der Waals surface area contributed by atoms with E-state index in [2.05, 4.69) is 157 Å². The third-order valence-electron chi connectivity index (χ3n) is 8.76. The molecule has 0 saturated heterocycles. The number of allylic oxidation sites excluding steroid dienone is 4. The molecular weight excluding hydrogens is 651 g/mol. The van der Waals surface area contributed by atoms with E-state index in [-0.39, 0.29) is 48.1 Å². The van der Waals surface area contributed by atoms with Crippen molar-refractivity contribution in [3.8, 4) is 0 Å². The van der Waals surface area contributed by atoms with Crippen LogP contribution in [0.1, 0.15) is 108 Å². The van der Waals surface area contributed by atoms with Gasteiger partial charge in [-0.25, -0.2) is 0 Å². The first-order valence-corrected chi connectivity index (χ1v) is 18.3. The van der Waals surface area contributed by atoms with E-state index in [1.807, 2.05) is 0 Å². The van der Waals surface area contributed by atoms with E-state index >= 15 is 0 Å². The average Bonchev–Trinajstić information content (AvgIpc) is 3.21. The standard InChI is InChI=1S/C39H51Si.3ClH.Ti/c1-12-13-15-31-16-14-17-37(31)40(34-20-27(2)18-28(3)21-34,35-22-29(4)19-30(5)23-35)36-25-32(38(6,7)8)24-33(26-36)39(9,10)11;;;;/h16,18-26H,12-15H2,1-11H3;3*1H;/q;;;;+3/p-3. The van der Waals surface area contributed by atoms with Crippen molar-refractivity contribution in [1.82, 2.24) is 0 Å². The Morgan fingerprint density at radius 1 is 0.614 bits per heavy atom. The SMILES string of the molecule is CCCCC1=CC[C]([Ti+3])=C1[Si](c1cc(C)cc(C)c1)(c1cc(C)cc(C)c1)c1cc(C(C)(C)C)cc(C(C)(C)C)c1.[Cl-].[Cl-].[Cl-]. The van der Waals surface area contributed by atoms with Gasteiger partial charge >= 0.3 is 265 Å². The second-order valence-electron chi connectivity index (χ2n) is 14.7. The van der Waals surface area contributed by atoms with E-state index in [4.69, 9.17) is 0 Å². The summed E-state index contributed by atoms with van der Waals surface area (Å²) in [7, 11) is -2.70. The van der Waals surface area contributed by atoms with E-state index in [1.165, 1.54) is 63.0 Å². The van der Waals surface area contributed by atoms with Crippen LogP contribution >= 0.6 is 0 Å². The van der Waals surface area contributed by atoms with Crippen molar-refractivity contribution in [2.45, 2.75) is 113 Å². The predicted octanol–water partition coefficient (Wildman–Crippen LogP) is -0.142. The van der Waals surface area contributed by atoms with Gasteiger partial charge in [0, 0.05) is 0 Å². The van der Waals surface area contributed by atoms with E-state index in [0.717, 1.165) is 6.42 Å². The molecule has 3 aromatic rings. The number of aryl methyl sites for hydroxylation is 4. The summed E-state index contributed by atoms with van der Waals surface area (Å²) < 4.78 is 1.57. The molecule has 0 fully saturated rings. The first-order chi connectivity index (χ1) is 19.1. The van der Waals surface area contributed by atoms with E-state index in [0.29, 0.717) is 0 Å². The predicted molar refractivity (Wildman–Crippen MR) is 180 cm³/mol. The van der Waals surface area contributed by atoms with Crippen LogP contribution in [0.2, 0.25) is 0 Å². The summed E-state index contributed by atoms with van der Waals surface area (Å²) in [6.07, 6.45) is 7.27. The minimum absolute atomic E-state index is 0. The van der Waals surface area contributed by atoms with Gasteiger partial charge in [-0.2, -0.15) is 0 Å². The number of benzene rings is 3. The van der Waals surface area contributed by atoms with Crippen LogP contribution < -0.4 is 52.8 Å². The van der Waals surface area contributed by atoms with E-state index in [1.54, 1.807) is 19.8 Å². The van der Waals surface area contributed by atoms with Crippen LogP contribution in [-0.2, 0) is 31.3 Å². The fourth-order valence-electron chi connectivity index (χ4n) is 6.71. The van der Waals surface area contributed by atoms with Crippen LogP contribution in [0.15, 0.2) is 75.3 Å². The summed E-state index contributed by atoms with van der Waals surface area (Å²) in [5.41, 5.74) is 10.1. The minimum Gasteiger partial charge on any atom is -1.00 e. The molecule has 0 saturated carbocycles. The van der Waals surface area contributed by atoms with Crippen molar-refractivity contribution in [2.75, 3.05) is 0 Å². The van der Waals surface area contributed by atoms with Gasteiger partial charge in [0.25, 0.3) is 0 Å². The quantitative estimate of drug-likeness (QED) is 0.238. The Morgan fingerprint density at radius 2 is 1.00 bits per heavy atom. The molecule has 0 unspecified atom stereocenters. The Kier molecular flexibility index (Phi) is 14.6. The van der Waals surface area contributed by atoms with Crippen molar-refractivity contribution in [3.05, 3.63) is 109 Å². The Morgan fingerprint density at radius 3 is 1.36 bits per heavy atom. The molecule has 4 rings (SSSR count). The van der Waals surface area contributed by atoms with Gasteiger partial charge in [0.05, 0.1) is 0 Å². The number of halogens is 3. The topological polar surface area (TPSA) is 0 Å². The number of hydrogen-bond donors (Lipinski definition) is 0. The fourth-order valence-corrected chi connectivity index (χ4v) is 13.6. The first kappa shape index (κ1) is 41.0. The molecule has 236 valence electrons. The maximum Gasteiger partial charge on any atom is -1.00 e. The Hall–Kier alpha value is -1.06. The molecule has 0 spiro atoms. The van der Waals surface area contributed by atoms with Gasteiger partial charge in [-0.1, -0.05) is 0 Å². The number of hydrogen-bond acceptors (Lipinski definition) is 0. The van der Waals surface area contributed by atoms with Gasteiger partial charge in [0.15, 0.2) is 0 Å². The zero-order valence-corrected chi connectivity index (χ0v) is 33.6. The molecular formula is C39H51Cl3SiTi. The Balaban J connectivity index is 0.00000323. The molecule has 3 aromatic carbocycles. The van der Waals surface area contributed by atoms with Crippen LogP contribution in [0.5, 0.6) is 0 Å². The summed E-state index contributed by atoms with van der Waals surface area (Å²) >= 11 is 2.43. The molecule has 0 amide bonds. The van der Waals surface area contributed by atoms with Crippen LogP contribution in [-0.4, -0.2) is 8.07 Å². The normalized spacial score (nSPS) is 13.6. The number of unbranched alkanes of at least 4 members (excludes halogenated alkanes) is 1. The second-order valence-corrected chi connectivity index (χ2v) is 19.4. The van der Waals surface area contributed by atoms with Gasteiger partial charge in [-0.05, 0) is 0 Å².